The molecule has 1 saturated carbocycles. The van der Waals surface area contributed by atoms with Gasteiger partial charge in [0.05, 0.1) is 4.90 Å². The molecule has 2 aromatic carbocycles. The predicted octanol–water partition coefficient (Wildman–Crippen LogP) is 3.16. The van der Waals surface area contributed by atoms with Crippen LogP contribution in [0.25, 0.3) is 0 Å². The Morgan fingerprint density at radius 3 is 2.29 bits per heavy atom. The molecule has 1 aliphatic rings. The van der Waals surface area contributed by atoms with Crippen LogP contribution < -0.4 is 10.0 Å². The van der Waals surface area contributed by atoms with Crippen LogP contribution in [0.4, 0.5) is 4.39 Å². The quantitative estimate of drug-likeness (QED) is 0.744. The van der Waals surface area contributed by atoms with E-state index in [2.05, 4.69) is 10.0 Å². The average molecular weight is 405 g/mol. The van der Waals surface area contributed by atoms with Crippen molar-refractivity contribution in [2.75, 3.05) is 0 Å². The molecule has 7 heteroatoms. The maximum absolute atomic E-state index is 13.1. The van der Waals surface area contributed by atoms with Gasteiger partial charge in [0.25, 0.3) is 0 Å². The van der Waals surface area contributed by atoms with Crippen molar-refractivity contribution in [3.05, 3.63) is 66.0 Å². The van der Waals surface area contributed by atoms with E-state index < -0.39 is 21.9 Å². The van der Waals surface area contributed by atoms with E-state index in [1.165, 1.54) is 12.1 Å². The Balaban J connectivity index is 1.78. The van der Waals surface area contributed by atoms with Gasteiger partial charge in [-0.1, -0.05) is 49.6 Å². The van der Waals surface area contributed by atoms with E-state index in [9.17, 15) is 17.6 Å². The zero-order chi connectivity index (χ0) is 20.0. The first-order valence-electron chi connectivity index (χ1n) is 9.56. The van der Waals surface area contributed by atoms with E-state index in [0.717, 1.165) is 49.8 Å². The molecule has 0 spiro atoms. The molecule has 1 aliphatic carbocycles. The zero-order valence-electron chi connectivity index (χ0n) is 15.6. The molecule has 2 aromatic rings. The molecule has 0 saturated heterocycles. The summed E-state index contributed by atoms with van der Waals surface area (Å²) in [5.74, 6) is -0.851. The van der Waals surface area contributed by atoms with Crippen molar-refractivity contribution in [2.45, 2.75) is 55.5 Å². The topological polar surface area (TPSA) is 75.3 Å². The van der Waals surface area contributed by atoms with Crippen LogP contribution in [-0.2, 0) is 21.2 Å². The van der Waals surface area contributed by atoms with Crippen molar-refractivity contribution in [2.24, 2.45) is 0 Å². The van der Waals surface area contributed by atoms with Gasteiger partial charge in [-0.15, -0.1) is 0 Å². The number of rotatable bonds is 7. The summed E-state index contributed by atoms with van der Waals surface area (Å²) < 4.78 is 41.1. The molecular weight excluding hydrogens is 379 g/mol. The van der Waals surface area contributed by atoms with Gasteiger partial charge in [-0.25, -0.2) is 12.8 Å². The number of hydrogen-bond donors (Lipinski definition) is 2. The Bertz CT molecular complexity index is 880. The van der Waals surface area contributed by atoms with Crippen LogP contribution >= 0.6 is 0 Å². The van der Waals surface area contributed by atoms with Crippen molar-refractivity contribution in [1.29, 1.82) is 0 Å². The van der Waals surface area contributed by atoms with Gasteiger partial charge in [-0.05, 0) is 49.1 Å². The summed E-state index contributed by atoms with van der Waals surface area (Å²) in [6.07, 6.45) is 5.35. The molecule has 5 nitrogen and oxygen atoms in total. The van der Waals surface area contributed by atoms with Crippen LogP contribution in [0.5, 0.6) is 0 Å². The van der Waals surface area contributed by atoms with Gasteiger partial charge in [0.1, 0.15) is 11.9 Å². The third-order valence-electron chi connectivity index (χ3n) is 4.97. The third kappa shape index (κ3) is 5.62. The monoisotopic (exact) mass is 404 g/mol. The first-order chi connectivity index (χ1) is 13.4. The van der Waals surface area contributed by atoms with Crippen LogP contribution in [-0.4, -0.2) is 26.4 Å². The molecule has 0 aromatic heterocycles. The van der Waals surface area contributed by atoms with E-state index in [-0.39, 0.29) is 23.3 Å². The molecule has 1 atom stereocenters. The fourth-order valence-electron chi connectivity index (χ4n) is 3.46. The Morgan fingerprint density at radius 1 is 1.00 bits per heavy atom. The number of nitrogens with one attached hydrogen (secondary N) is 2. The molecular formula is C21H25FN2O3S. The number of carbonyl (C=O) groups is 1. The van der Waals surface area contributed by atoms with Crippen LogP contribution in [0, 0.1) is 5.82 Å². The molecule has 28 heavy (non-hydrogen) atoms. The molecule has 150 valence electrons. The molecule has 1 fully saturated rings. The molecule has 1 amide bonds. The lowest BCUT2D eigenvalue weighted by atomic mass is 9.95. The number of hydrogen-bond acceptors (Lipinski definition) is 3. The molecule has 3 rings (SSSR count). The summed E-state index contributed by atoms with van der Waals surface area (Å²) in [6.45, 7) is 0. The zero-order valence-corrected chi connectivity index (χ0v) is 16.4. The minimum absolute atomic E-state index is 0.0718. The Morgan fingerprint density at radius 2 is 1.64 bits per heavy atom. The number of halogens is 1. The van der Waals surface area contributed by atoms with Gasteiger partial charge >= 0.3 is 0 Å². The number of sulfonamides is 1. The number of amides is 1. The van der Waals surface area contributed by atoms with Gasteiger partial charge in [0.2, 0.25) is 15.9 Å². The van der Waals surface area contributed by atoms with Gasteiger partial charge < -0.3 is 5.32 Å². The maximum atomic E-state index is 13.1. The van der Waals surface area contributed by atoms with E-state index >= 15 is 0 Å². The van der Waals surface area contributed by atoms with Crippen LogP contribution in [0.2, 0.25) is 0 Å². The van der Waals surface area contributed by atoms with Gasteiger partial charge in [-0.2, -0.15) is 4.72 Å². The lowest BCUT2D eigenvalue weighted by Crippen LogP contribution is -2.50. The normalized spacial score (nSPS) is 16.5. The van der Waals surface area contributed by atoms with Crippen molar-refractivity contribution in [3.8, 4) is 0 Å². The van der Waals surface area contributed by atoms with Crippen LogP contribution in [0.1, 0.15) is 37.7 Å². The Kier molecular flexibility index (Phi) is 6.80. The van der Waals surface area contributed by atoms with Crippen LogP contribution in [0.15, 0.2) is 59.5 Å². The molecule has 0 unspecified atom stereocenters. The summed E-state index contributed by atoms with van der Waals surface area (Å²) in [4.78, 5) is 12.8. The standard InChI is InChI=1S/C21H25FN2O3S/c22-17-11-13-19(14-12-17)28(26,27)24-20(15-16-7-3-1-4-8-16)21(25)23-18-9-5-2-6-10-18/h1,3-4,7-8,11-14,18,20,24H,2,5-6,9-10,15H2,(H,23,25)/t20-/m0/s1. The fourth-order valence-corrected chi connectivity index (χ4v) is 4.65. The van der Waals surface area contributed by atoms with Crippen molar-refractivity contribution < 1.29 is 17.6 Å². The van der Waals surface area contributed by atoms with Crippen molar-refractivity contribution >= 4 is 15.9 Å². The first-order valence-corrected chi connectivity index (χ1v) is 11.0. The number of benzene rings is 2. The second-order valence-electron chi connectivity index (χ2n) is 7.16. The minimum Gasteiger partial charge on any atom is -0.352 e. The van der Waals surface area contributed by atoms with Crippen molar-refractivity contribution in [1.82, 2.24) is 10.0 Å². The minimum atomic E-state index is -3.96. The summed E-state index contributed by atoms with van der Waals surface area (Å²) in [5, 5.41) is 3.00. The summed E-state index contributed by atoms with van der Waals surface area (Å²) in [5.41, 5.74) is 0.855. The van der Waals surface area contributed by atoms with E-state index in [1.807, 2.05) is 30.3 Å². The smallest absolute Gasteiger partial charge is 0.241 e. The third-order valence-corrected chi connectivity index (χ3v) is 6.46. The summed E-state index contributed by atoms with van der Waals surface area (Å²) >= 11 is 0. The highest BCUT2D eigenvalue weighted by molar-refractivity contribution is 7.89. The Labute approximate surface area is 165 Å². The lowest BCUT2D eigenvalue weighted by Gasteiger charge is -2.26. The van der Waals surface area contributed by atoms with E-state index in [4.69, 9.17) is 0 Å². The number of carbonyl (C=O) groups excluding carboxylic acids is 1. The van der Waals surface area contributed by atoms with E-state index in [0.29, 0.717) is 0 Å². The van der Waals surface area contributed by atoms with Crippen molar-refractivity contribution in [3.63, 3.8) is 0 Å². The highest BCUT2D eigenvalue weighted by Gasteiger charge is 2.28. The summed E-state index contributed by atoms with van der Waals surface area (Å²) in [7, 11) is -3.96. The molecule has 0 bridgehead atoms. The highest BCUT2D eigenvalue weighted by Crippen LogP contribution is 2.18. The first kappa shape index (κ1) is 20.5. The molecule has 0 aliphatic heterocycles. The van der Waals surface area contributed by atoms with Gasteiger partial charge in [-0.3, -0.25) is 4.79 Å². The summed E-state index contributed by atoms with van der Waals surface area (Å²) in [6, 6.07) is 13.0. The van der Waals surface area contributed by atoms with Gasteiger partial charge in [0, 0.05) is 6.04 Å². The molecule has 0 radical (unpaired) electrons. The predicted molar refractivity (Wildman–Crippen MR) is 106 cm³/mol. The molecule has 2 N–H and O–H groups in total. The second kappa shape index (κ2) is 9.30. The lowest BCUT2D eigenvalue weighted by molar-refractivity contribution is -0.123. The molecule has 0 heterocycles. The van der Waals surface area contributed by atoms with E-state index in [1.54, 1.807) is 0 Å². The largest absolute Gasteiger partial charge is 0.352 e. The maximum Gasteiger partial charge on any atom is 0.241 e. The Hall–Kier alpha value is -2.25. The SMILES string of the molecule is O=C(NC1CCCCC1)[C@H](Cc1ccccc1)NS(=O)(=O)c1ccc(F)cc1. The fraction of sp³-hybridized carbons (Fsp3) is 0.381. The van der Waals surface area contributed by atoms with Crippen LogP contribution in [0.3, 0.4) is 0 Å². The average Bonchev–Trinajstić information content (AvgIpc) is 2.69. The van der Waals surface area contributed by atoms with Gasteiger partial charge in [0.15, 0.2) is 0 Å². The second-order valence-corrected chi connectivity index (χ2v) is 8.88. The highest BCUT2D eigenvalue weighted by atomic mass is 32.2.